The van der Waals surface area contributed by atoms with Crippen molar-refractivity contribution in [3.05, 3.63) is 29.8 Å². The van der Waals surface area contributed by atoms with Crippen LogP contribution in [0.25, 0.3) is 0 Å². The van der Waals surface area contributed by atoms with Crippen LogP contribution >= 0.6 is 11.8 Å². The van der Waals surface area contributed by atoms with E-state index < -0.39 is 10.0 Å². The van der Waals surface area contributed by atoms with Crippen LogP contribution < -0.4 is 4.72 Å². The fraction of sp³-hybridized carbons (Fsp3) is 0.417. The largest absolute Gasteiger partial charge is 0.266 e. The molecule has 6 heteroatoms. The molecule has 4 nitrogen and oxygen atoms in total. The number of rotatable bonds is 2. The van der Waals surface area contributed by atoms with Crippen molar-refractivity contribution in [1.82, 2.24) is 4.72 Å². The van der Waals surface area contributed by atoms with Crippen molar-refractivity contribution < 1.29 is 8.42 Å². The van der Waals surface area contributed by atoms with Gasteiger partial charge in [0.2, 0.25) is 0 Å². The first-order valence-electron chi connectivity index (χ1n) is 5.95. The summed E-state index contributed by atoms with van der Waals surface area (Å²) in [7, 11) is -3.39. The van der Waals surface area contributed by atoms with E-state index in [9.17, 15) is 8.42 Å². The number of hydrogen-bond acceptors (Lipinski definition) is 4. The third-order valence-electron chi connectivity index (χ3n) is 3.14. The number of fused-ring (bicyclic) bond motifs is 1. The van der Waals surface area contributed by atoms with Gasteiger partial charge in [-0.1, -0.05) is 12.1 Å². The molecule has 2 aliphatic rings. The van der Waals surface area contributed by atoms with E-state index in [1.807, 2.05) is 17.8 Å². The molecule has 0 saturated carbocycles. The molecule has 3 rings (SSSR count). The van der Waals surface area contributed by atoms with Gasteiger partial charge in [-0.15, -0.1) is 0 Å². The minimum atomic E-state index is -3.39. The Morgan fingerprint density at radius 2 is 2.22 bits per heavy atom. The Balaban J connectivity index is 1.88. The SMILES string of the molecule is O=S1(=O)NC(=NCC2CCCS2)c2ccccc21. The molecule has 1 aromatic rings. The molecule has 96 valence electrons. The van der Waals surface area contributed by atoms with Crippen molar-refractivity contribution in [2.24, 2.45) is 4.99 Å². The van der Waals surface area contributed by atoms with Crippen LogP contribution in [0, 0.1) is 0 Å². The van der Waals surface area contributed by atoms with Gasteiger partial charge < -0.3 is 0 Å². The number of benzene rings is 1. The van der Waals surface area contributed by atoms with E-state index in [0.717, 1.165) is 0 Å². The molecule has 1 N–H and O–H groups in total. The van der Waals surface area contributed by atoms with E-state index in [4.69, 9.17) is 0 Å². The Morgan fingerprint density at radius 3 is 3.00 bits per heavy atom. The maximum Gasteiger partial charge on any atom is 0.263 e. The van der Waals surface area contributed by atoms with Crippen molar-refractivity contribution in [3.63, 3.8) is 0 Å². The molecule has 18 heavy (non-hydrogen) atoms. The number of thioether (sulfide) groups is 1. The van der Waals surface area contributed by atoms with Gasteiger partial charge in [0.1, 0.15) is 5.84 Å². The van der Waals surface area contributed by atoms with Crippen LogP contribution in [0.15, 0.2) is 34.2 Å². The number of nitrogens with one attached hydrogen (secondary N) is 1. The fourth-order valence-corrected chi connectivity index (χ4v) is 4.66. The summed E-state index contributed by atoms with van der Waals surface area (Å²) in [6, 6.07) is 6.98. The molecular formula is C12H14N2O2S2. The zero-order chi connectivity index (χ0) is 12.6. The topological polar surface area (TPSA) is 58.5 Å². The molecule has 2 heterocycles. The van der Waals surface area contributed by atoms with Gasteiger partial charge in [-0.05, 0) is 30.7 Å². The standard InChI is InChI=1S/C12H14N2O2S2/c15-18(16)11-6-2-1-5-10(11)12(14-18)13-8-9-4-3-7-17-9/h1-2,5-6,9H,3-4,7-8H2,(H,13,14). The quantitative estimate of drug-likeness (QED) is 0.896. The highest BCUT2D eigenvalue weighted by Crippen LogP contribution is 2.27. The Bertz CT molecular complexity index is 590. The van der Waals surface area contributed by atoms with Crippen LogP contribution in [0.4, 0.5) is 0 Å². The lowest BCUT2D eigenvalue weighted by molar-refractivity contribution is 0.595. The molecule has 2 aliphatic heterocycles. The van der Waals surface area contributed by atoms with Crippen molar-refractivity contribution in [2.45, 2.75) is 23.0 Å². The van der Waals surface area contributed by atoms with Gasteiger partial charge in [-0.25, -0.2) is 8.42 Å². The number of amidine groups is 1. The summed E-state index contributed by atoms with van der Waals surface area (Å²) in [6.45, 7) is 0.691. The number of hydrogen-bond donors (Lipinski definition) is 1. The smallest absolute Gasteiger partial charge is 0.263 e. The van der Waals surface area contributed by atoms with Gasteiger partial charge in [0.25, 0.3) is 10.0 Å². The normalized spacial score (nSPS) is 27.1. The Kier molecular flexibility index (Phi) is 3.07. The van der Waals surface area contributed by atoms with E-state index in [1.165, 1.54) is 18.6 Å². The summed E-state index contributed by atoms with van der Waals surface area (Å²) in [5.74, 6) is 1.69. The molecule has 0 radical (unpaired) electrons. The van der Waals surface area contributed by atoms with Gasteiger partial charge in [-0.2, -0.15) is 11.8 Å². The lowest BCUT2D eigenvalue weighted by Gasteiger charge is -2.04. The van der Waals surface area contributed by atoms with Crippen LogP contribution in [-0.2, 0) is 10.0 Å². The minimum Gasteiger partial charge on any atom is -0.266 e. The maximum atomic E-state index is 11.9. The molecule has 0 spiro atoms. The third kappa shape index (κ3) is 2.14. The van der Waals surface area contributed by atoms with E-state index in [0.29, 0.717) is 28.1 Å². The first-order chi connectivity index (χ1) is 8.67. The first-order valence-corrected chi connectivity index (χ1v) is 8.48. The van der Waals surface area contributed by atoms with E-state index >= 15 is 0 Å². The fourth-order valence-electron chi connectivity index (χ4n) is 2.23. The molecule has 1 saturated heterocycles. The summed E-state index contributed by atoms with van der Waals surface area (Å²) in [5, 5.41) is 0.537. The van der Waals surface area contributed by atoms with Gasteiger partial charge in [-0.3, -0.25) is 9.71 Å². The second kappa shape index (κ2) is 4.59. The van der Waals surface area contributed by atoms with Crippen LogP contribution in [0.2, 0.25) is 0 Å². The molecule has 1 unspecified atom stereocenters. The number of sulfonamides is 1. The van der Waals surface area contributed by atoms with E-state index in [2.05, 4.69) is 9.71 Å². The van der Waals surface area contributed by atoms with Crippen molar-refractivity contribution in [1.29, 1.82) is 0 Å². The minimum absolute atomic E-state index is 0.336. The number of nitrogens with zero attached hydrogens (tertiary/aromatic N) is 1. The van der Waals surface area contributed by atoms with Gasteiger partial charge in [0.15, 0.2) is 0 Å². The Labute approximate surface area is 111 Å². The lowest BCUT2D eigenvalue weighted by atomic mass is 10.2. The molecule has 1 atom stereocenters. The van der Waals surface area contributed by atoms with Crippen LogP contribution in [0.1, 0.15) is 18.4 Å². The zero-order valence-electron chi connectivity index (χ0n) is 9.80. The van der Waals surface area contributed by atoms with Crippen LogP contribution in [0.5, 0.6) is 0 Å². The molecule has 0 aliphatic carbocycles. The lowest BCUT2D eigenvalue weighted by Crippen LogP contribution is -2.23. The predicted molar refractivity (Wildman–Crippen MR) is 73.6 cm³/mol. The summed E-state index contributed by atoms with van der Waals surface area (Å²) < 4.78 is 26.3. The van der Waals surface area contributed by atoms with Gasteiger partial charge >= 0.3 is 0 Å². The van der Waals surface area contributed by atoms with Crippen LogP contribution in [0.3, 0.4) is 0 Å². The summed E-state index contributed by atoms with van der Waals surface area (Å²) in [5.41, 5.74) is 0.695. The maximum absolute atomic E-state index is 11.9. The van der Waals surface area contributed by atoms with E-state index in [1.54, 1.807) is 18.2 Å². The second-order valence-electron chi connectivity index (χ2n) is 4.43. The molecule has 1 fully saturated rings. The monoisotopic (exact) mass is 282 g/mol. The van der Waals surface area contributed by atoms with E-state index in [-0.39, 0.29) is 0 Å². The van der Waals surface area contributed by atoms with Crippen molar-refractivity contribution in [3.8, 4) is 0 Å². The average Bonchev–Trinajstić information content (AvgIpc) is 2.95. The number of aliphatic imine (C=N–C) groups is 1. The second-order valence-corrected chi connectivity index (χ2v) is 7.49. The Hall–Kier alpha value is -1.01. The highest BCUT2D eigenvalue weighted by Gasteiger charge is 2.30. The summed E-state index contributed by atoms with van der Waals surface area (Å²) in [6.07, 6.45) is 2.42. The highest BCUT2D eigenvalue weighted by molar-refractivity contribution is 8.00. The first kappa shape index (κ1) is 12.0. The molecule has 1 aromatic carbocycles. The molecule has 0 bridgehead atoms. The average molecular weight is 282 g/mol. The summed E-state index contributed by atoms with van der Waals surface area (Å²) >= 11 is 1.92. The molecular weight excluding hydrogens is 268 g/mol. The molecule has 0 amide bonds. The highest BCUT2D eigenvalue weighted by atomic mass is 32.2. The zero-order valence-corrected chi connectivity index (χ0v) is 11.4. The molecule has 0 aromatic heterocycles. The Morgan fingerprint density at radius 1 is 1.39 bits per heavy atom. The van der Waals surface area contributed by atoms with Crippen molar-refractivity contribution in [2.75, 3.05) is 12.3 Å². The summed E-state index contributed by atoms with van der Waals surface area (Å²) in [4.78, 5) is 4.78. The van der Waals surface area contributed by atoms with Gasteiger partial charge in [0, 0.05) is 10.8 Å². The predicted octanol–water partition coefficient (Wildman–Crippen LogP) is 1.62. The van der Waals surface area contributed by atoms with Gasteiger partial charge in [0.05, 0.1) is 11.4 Å². The van der Waals surface area contributed by atoms with Crippen LogP contribution in [-0.4, -0.2) is 31.8 Å². The third-order valence-corrected chi connectivity index (χ3v) is 5.92. The van der Waals surface area contributed by atoms with Crippen molar-refractivity contribution >= 4 is 27.6 Å².